The van der Waals surface area contributed by atoms with Gasteiger partial charge in [-0.15, -0.1) is 12.4 Å². The van der Waals surface area contributed by atoms with Gasteiger partial charge in [0.05, 0.1) is 20.3 Å². The molecule has 180 valence electrons. The van der Waals surface area contributed by atoms with E-state index in [1.54, 1.807) is 24.3 Å². The summed E-state index contributed by atoms with van der Waals surface area (Å²) in [6.07, 6.45) is 0.836. The van der Waals surface area contributed by atoms with Gasteiger partial charge in [0.25, 0.3) is 0 Å². The van der Waals surface area contributed by atoms with E-state index in [0.717, 1.165) is 50.4 Å². The quantitative estimate of drug-likeness (QED) is 0.274. The number of halogens is 1. The minimum absolute atomic E-state index is 0. The lowest BCUT2D eigenvalue weighted by molar-refractivity contribution is -0.141. The molecule has 3 rings (SSSR count). The Labute approximate surface area is 201 Å². The molecular weight excluding hydrogens is 444 g/mol. The maximum atomic E-state index is 12.7. The molecule has 4 N–H and O–H groups in total. The first-order valence-corrected chi connectivity index (χ1v) is 10.9. The Morgan fingerprint density at radius 2 is 1.91 bits per heavy atom. The van der Waals surface area contributed by atoms with Crippen LogP contribution in [0.4, 0.5) is 5.69 Å². The Morgan fingerprint density at radius 1 is 1.21 bits per heavy atom. The van der Waals surface area contributed by atoms with Gasteiger partial charge in [-0.05, 0) is 48.4 Å². The number of nitrogens with two attached hydrogens (primary N) is 1. The second-order valence-electron chi connectivity index (χ2n) is 7.62. The fourth-order valence-electron chi connectivity index (χ4n) is 3.58. The van der Waals surface area contributed by atoms with Crippen LogP contribution < -0.4 is 15.8 Å². The van der Waals surface area contributed by atoms with Gasteiger partial charge in [-0.25, -0.2) is 4.79 Å². The molecule has 1 atom stereocenters. The molecule has 0 amide bonds. The number of ether oxygens (including phenoxy) is 3. The smallest absolute Gasteiger partial charge is 0.333 e. The number of benzene rings is 2. The Balaban J connectivity index is 0.00000385. The molecule has 1 heterocycles. The minimum Gasteiger partial charge on any atom is -0.492 e. The zero-order chi connectivity index (χ0) is 22.9. The second-order valence-corrected chi connectivity index (χ2v) is 7.62. The van der Waals surface area contributed by atoms with E-state index in [1.165, 1.54) is 7.11 Å². The number of aryl methyl sites for hydroxylation is 1. The van der Waals surface area contributed by atoms with Crippen LogP contribution in [0.25, 0.3) is 0 Å². The van der Waals surface area contributed by atoms with Crippen LogP contribution in [0.5, 0.6) is 5.75 Å². The number of nitrogen functional groups attached to an aromatic ring is 1. The maximum Gasteiger partial charge on any atom is 0.333 e. The Morgan fingerprint density at radius 3 is 2.52 bits per heavy atom. The summed E-state index contributed by atoms with van der Waals surface area (Å²) < 4.78 is 16.6. The van der Waals surface area contributed by atoms with Crippen molar-refractivity contribution in [2.45, 2.75) is 19.4 Å². The molecule has 0 bridgehead atoms. The van der Waals surface area contributed by atoms with E-state index in [2.05, 4.69) is 17.1 Å². The summed E-state index contributed by atoms with van der Waals surface area (Å²) in [6.45, 7) is 6.65. The van der Waals surface area contributed by atoms with Gasteiger partial charge in [0.1, 0.15) is 18.2 Å². The van der Waals surface area contributed by atoms with Gasteiger partial charge in [0.2, 0.25) is 0 Å². The largest absolute Gasteiger partial charge is 0.492 e. The van der Waals surface area contributed by atoms with E-state index >= 15 is 0 Å². The molecule has 0 spiro atoms. The number of hydrogen-bond acceptors (Lipinski definition) is 7. The summed E-state index contributed by atoms with van der Waals surface area (Å²) >= 11 is 0. The predicted octanol–water partition coefficient (Wildman–Crippen LogP) is 2.99. The van der Waals surface area contributed by atoms with E-state index in [1.807, 2.05) is 18.2 Å². The van der Waals surface area contributed by atoms with Crippen molar-refractivity contribution in [2.24, 2.45) is 5.73 Å². The van der Waals surface area contributed by atoms with Crippen molar-refractivity contribution in [3.05, 3.63) is 59.2 Å². The molecule has 1 saturated heterocycles. The van der Waals surface area contributed by atoms with Crippen molar-refractivity contribution >= 4 is 29.9 Å². The number of carbonyl (C=O) groups excluding carboxylic acids is 1. The number of carbonyl (C=O) groups is 1. The van der Waals surface area contributed by atoms with Gasteiger partial charge in [-0.2, -0.15) is 0 Å². The maximum absolute atomic E-state index is 12.7. The normalized spacial score (nSPS) is 14.6. The zero-order valence-corrected chi connectivity index (χ0v) is 20.0. The van der Waals surface area contributed by atoms with E-state index in [0.29, 0.717) is 23.6 Å². The molecule has 0 aromatic heterocycles. The van der Waals surface area contributed by atoms with Crippen molar-refractivity contribution in [1.82, 2.24) is 4.90 Å². The van der Waals surface area contributed by atoms with E-state index in [4.69, 9.17) is 25.4 Å². The fourth-order valence-corrected chi connectivity index (χ4v) is 3.58. The molecule has 0 radical (unpaired) electrons. The van der Waals surface area contributed by atoms with Crippen molar-refractivity contribution < 1.29 is 19.0 Å². The second kappa shape index (κ2) is 13.0. The van der Waals surface area contributed by atoms with Crippen LogP contribution in [0, 0.1) is 5.41 Å². The highest BCUT2D eigenvalue weighted by atomic mass is 35.5. The third-order valence-corrected chi connectivity index (χ3v) is 5.51. The van der Waals surface area contributed by atoms with Gasteiger partial charge >= 0.3 is 5.97 Å². The first kappa shape index (κ1) is 26.4. The number of rotatable bonds is 10. The van der Waals surface area contributed by atoms with Crippen LogP contribution in [0.2, 0.25) is 0 Å². The number of hydrogen-bond donors (Lipinski definition) is 3. The van der Waals surface area contributed by atoms with Crippen LogP contribution in [0.1, 0.15) is 29.7 Å². The average molecular weight is 477 g/mol. The van der Waals surface area contributed by atoms with Gasteiger partial charge in [0, 0.05) is 36.4 Å². The molecule has 1 aliphatic heterocycles. The minimum atomic E-state index is -0.743. The van der Waals surface area contributed by atoms with Crippen LogP contribution in [0.3, 0.4) is 0 Å². The number of methoxy groups -OCH3 is 1. The summed E-state index contributed by atoms with van der Waals surface area (Å²) in [4.78, 5) is 15.1. The highest BCUT2D eigenvalue weighted by Gasteiger charge is 2.26. The molecule has 0 saturated carbocycles. The van der Waals surface area contributed by atoms with Gasteiger partial charge in [0.15, 0.2) is 6.04 Å². The SMILES string of the molecule is CCc1ccc(OCCN2CCOCC2)c(C(Nc2ccc(C(=N)N)cc2)C(=O)OC)c1.Cl. The predicted molar refractivity (Wildman–Crippen MR) is 132 cm³/mol. The zero-order valence-electron chi connectivity index (χ0n) is 19.1. The number of nitrogens with zero attached hydrogens (tertiary/aromatic N) is 1. The van der Waals surface area contributed by atoms with Crippen molar-refractivity contribution in [3.63, 3.8) is 0 Å². The molecule has 9 heteroatoms. The first-order chi connectivity index (χ1) is 15.5. The van der Waals surface area contributed by atoms with Crippen LogP contribution in [-0.2, 0) is 20.7 Å². The summed E-state index contributed by atoms with van der Waals surface area (Å²) in [5, 5.41) is 10.8. The molecule has 2 aromatic rings. The lowest BCUT2D eigenvalue weighted by atomic mass is 10.0. The molecule has 33 heavy (non-hydrogen) atoms. The molecule has 8 nitrogen and oxygen atoms in total. The van der Waals surface area contributed by atoms with Crippen LogP contribution >= 0.6 is 12.4 Å². The third-order valence-electron chi connectivity index (χ3n) is 5.51. The molecular formula is C24H33ClN4O4. The third kappa shape index (κ3) is 7.35. The average Bonchev–Trinajstić information content (AvgIpc) is 2.83. The van der Waals surface area contributed by atoms with Gasteiger partial charge in [-0.3, -0.25) is 10.3 Å². The van der Waals surface area contributed by atoms with Crippen molar-refractivity contribution in [2.75, 3.05) is 51.9 Å². The Bertz CT molecular complexity index is 917. The first-order valence-electron chi connectivity index (χ1n) is 10.9. The van der Waals surface area contributed by atoms with E-state index < -0.39 is 12.0 Å². The lowest BCUT2D eigenvalue weighted by Crippen LogP contribution is -2.38. The summed E-state index contributed by atoms with van der Waals surface area (Å²) in [6, 6.07) is 12.2. The van der Waals surface area contributed by atoms with Gasteiger partial charge in [-0.1, -0.05) is 13.0 Å². The number of anilines is 1. The number of nitrogens with one attached hydrogen (secondary N) is 2. The van der Waals surface area contributed by atoms with Crippen molar-refractivity contribution in [1.29, 1.82) is 5.41 Å². The Kier molecular flexibility index (Phi) is 10.4. The summed E-state index contributed by atoms with van der Waals surface area (Å²) in [5.41, 5.74) is 8.70. The van der Waals surface area contributed by atoms with E-state index in [9.17, 15) is 4.79 Å². The highest BCUT2D eigenvalue weighted by molar-refractivity contribution is 5.95. The highest BCUT2D eigenvalue weighted by Crippen LogP contribution is 2.31. The molecule has 0 aliphatic carbocycles. The number of amidine groups is 1. The number of morpholine rings is 1. The Hall–Kier alpha value is -2.81. The van der Waals surface area contributed by atoms with Crippen LogP contribution in [-0.4, -0.2) is 63.3 Å². The molecule has 1 unspecified atom stereocenters. The monoisotopic (exact) mass is 476 g/mol. The van der Waals surface area contributed by atoms with E-state index in [-0.39, 0.29) is 18.2 Å². The van der Waals surface area contributed by atoms with Crippen LogP contribution in [0.15, 0.2) is 42.5 Å². The molecule has 1 fully saturated rings. The summed E-state index contributed by atoms with van der Waals surface area (Å²) in [7, 11) is 1.37. The standard InChI is InChI=1S/C24H32N4O4.ClH/c1-3-17-4-9-21(32-15-12-28-10-13-31-14-11-28)20(16-17)22(24(29)30-2)27-19-7-5-18(6-8-19)23(25)26;/h4-9,16,22,27H,3,10-15H2,1-2H3,(H3,25,26);1H. The fraction of sp³-hybridized carbons (Fsp3) is 0.417. The molecule has 2 aromatic carbocycles. The molecule has 1 aliphatic rings. The summed E-state index contributed by atoms with van der Waals surface area (Å²) in [5.74, 6) is 0.235. The number of esters is 1. The topological polar surface area (TPSA) is 110 Å². The lowest BCUT2D eigenvalue weighted by Gasteiger charge is -2.27. The van der Waals surface area contributed by atoms with Crippen molar-refractivity contribution in [3.8, 4) is 5.75 Å². The van der Waals surface area contributed by atoms with Gasteiger partial charge < -0.3 is 25.3 Å².